The molecule has 1 atom stereocenters. The van der Waals surface area contributed by atoms with Gasteiger partial charge in [0.25, 0.3) is 0 Å². The van der Waals surface area contributed by atoms with Crippen LogP contribution in [0, 0.1) is 0 Å². The van der Waals surface area contributed by atoms with Gasteiger partial charge in [0, 0.05) is 26.2 Å². The molecule has 0 aromatic carbocycles. The summed E-state index contributed by atoms with van der Waals surface area (Å²) >= 11 is 0. The molecule has 1 heterocycles. The molecule has 1 aliphatic heterocycles. The Hall–Kier alpha value is -0.360. The first kappa shape index (κ1) is 16.6. The van der Waals surface area contributed by atoms with Gasteiger partial charge in [0.1, 0.15) is 0 Å². The molecule has 6 heteroatoms. The molecule has 102 valence electrons. The van der Waals surface area contributed by atoms with Crippen molar-refractivity contribution in [2.45, 2.75) is 18.9 Å². The molecule has 0 bridgehead atoms. The molecule has 2 N–H and O–H groups in total. The Bertz CT molecular complexity index is 217. The van der Waals surface area contributed by atoms with Gasteiger partial charge in [-0.05, 0) is 26.4 Å². The van der Waals surface area contributed by atoms with Gasteiger partial charge < -0.3 is 15.4 Å². The summed E-state index contributed by atoms with van der Waals surface area (Å²) in [6.45, 7) is 4.00. The van der Waals surface area contributed by atoms with Gasteiger partial charge in [-0.25, -0.2) is 0 Å². The topological polar surface area (TPSA) is 53.6 Å². The number of amides is 1. The number of carbonyl (C=O) groups excluding carboxylic acids is 1. The number of methoxy groups -OCH3 is 1. The van der Waals surface area contributed by atoms with E-state index >= 15 is 0 Å². The van der Waals surface area contributed by atoms with Crippen LogP contribution in [0.4, 0.5) is 0 Å². The van der Waals surface area contributed by atoms with Crippen LogP contribution in [0.15, 0.2) is 0 Å². The van der Waals surface area contributed by atoms with Gasteiger partial charge in [0.15, 0.2) is 0 Å². The minimum absolute atomic E-state index is 0. The van der Waals surface area contributed by atoms with Crippen LogP contribution in [0.3, 0.4) is 0 Å². The molecule has 5 nitrogen and oxygen atoms in total. The highest BCUT2D eigenvalue weighted by Gasteiger charge is 2.23. The van der Waals surface area contributed by atoms with Crippen LogP contribution in [0.5, 0.6) is 0 Å². The van der Waals surface area contributed by atoms with E-state index < -0.39 is 0 Å². The van der Waals surface area contributed by atoms with Crippen molar-refractivity contribution in [2.75, 3.05) is 46.9 Å². The zero-order valence-electron chi connectivity index (χ0n) is 10.7. The standard InChI is InChI=1S/C11H23N3O2.ClH/c1-12-9-11(15)13-8-10-4-3-5-14(10)6-7-16-2;/h10,12H,3-9H2,1-2H3,(H,13,15);1H. The van der Waals surface area contributed by atoms with Crippen LogP contribution in [0.25, 0.3) is 0 Å². The number of likely N-dealkylation sites (tertiary alicyclic amines) is 1. The number of carbonyl (C=O) groups is 1. The van der Waals surface area contributed by atoms with E-state index in [1.165, 1.54) is 12.8 Å². The molecule has 0 aliphatic carbocycles. The summed E-state index contributed by atoms with van der Waals surface area (Å²) in [4.78, 5) is 13.7. The number of nitrogens with one attached hydrogen (secondary N) is 2. The Balaban J connectivity index is 0.00000256. The summed E-state index contributed by atoms with van der Waals surface area (Å²) in [7, 11) is 3.50. The van der Waals surface area contributed by atoms with E-state index in [-0.39, 0.29) is 18.3 Å². The van der Waals surface area contributed by atoms with Crippen molar-refractivity contribution in [3.63, 3.8) is 0 Å². The Kier molecular flexibility index (Phi) is 9.44. The molecule has 1 rings (SSSR count). The number of halogens is 1. The number of hydrogen-bond acceptors (Lipinski definition) is 4. The fraction of sp³-hybridized carbons (Fsp3) is 0.909. The van der Waals surface area contributed by atoms with Crippen LogP contribution in [0.2, 0.25) is 0 Å². The molecule has 0 spiro atoms. The van der Waals surface area contributed by atoms with Crippen molar-refractivity contribution >= 4 is 18.3 Å². The lowest BCUT2D eigenvalue weighted by atomic mass is 10.2. The molecule has 1 aliphatic rings. The van der Waals surface area contributed by atoms with Crippen molar-refractivity contribution in [1.29, 1.82) is 0 Å². The third-order valence-corrected chi connectivity index (χ3v) is 2.95. The fourth-order valence-corrected chi connectivity index (χ4v) is 2.08. The molecule has 0 radical (unpaired) electrons. The normalized spacial score (nSPS) is 20.0. The van der Waals surface area contributed by atoms with E-state index in [0.29, 0.717) is 12.6 Å². The van der Waals surface area contributed by atoms with Gasteiger partial charge in [-0.2, -0.15) is 0 Å². The molecule has 17 heavy (non-hydrogen) atoms. The lowest BCUT2D eigenvalue weighted by Gasteiger charge is -2.24. The zero-order valence-corrected chi connectivity index (χ0v) is 11.5. The summed E-state index contributed by atoms with van der Waals surface area (Å²) in [6.07, 6.45) is 2.39. The number of likely N-dealkylation sites (N-methyl/N-ethyl adjacent to an activating group) is 1. The first-order valence-corrected chi connectivity index (χ1v) is 5.92. The second-order valence-electron chi connectivity index (χ2n) is 4.16. The van der Waals surface area contributed by atoms with E-state index in [4.69, 9.17) is 4.74 Å². The molecule has 0 aromatic rings. The van der Waals surface area contributed by atoms with E-state index in [1.807, 2.05) is 0 Å². The smallest absolute Gasteiger partial charge is 0.234 e. The highest BCUT2D eigenvalue weighted by atomic mass is 35.5. The molecule has 0 aromatic heterocycles. The summed E-state index contributed by atoms with van der Waals surface area (Å²) < 4.78 is 5.08. The Morgan fingerprint density at radius 2 is 2.29 bits per heavy atom. The van der Waals surface area contributed by atoms with Crippen molar-refractivity contribution < 1.29 is 9.53 Å². The molecule has 0 saturated carbocycles. The number of nitrogens with zero attached hydrogens (tertiary/aromatic N) is 1. The van der Waals surface area contributed by atoms with Gasteiger partial charge in [0.2, 0.25) is 5.91 Å². The minimum Gasteiger partial charge on any atom is -0.383 e. The van der Waals surface area contributed by atoms with Gasteiger partial charge >= 0.3 is 0 Å². The van der Waals surface area contributed by atoms with Crippen molar-refractivity contribution in [3.05, 3.63) is 0 Å². The lowest BCUT2D eigenvalue weighted by molar-refractivity contribution is -0.120. The summed E-state index contributed by atoms with van der Waals surface area (Å²) in [5.41, 5.74) is 0. The van der Waals surface area contributed by atoms with Gasteiger partial charge in [-0.1, -0.05) is 0 Å². The second-order valence-corrected chi connectivity index (χ2v) is 4.16. The average Bonchev–Trinajstić information content (AvgIpc) is 2.71. The summed E-state index contributed by atoms with van der Waals surface area (Å²) in [6, 6.07) is 0.482. The summed E-state index contributed by atoms with van der Waals surface area (Å²) in [5.74, 6) is 0.0705. The summed E-state index contributed by atoms with van der Waals surface area (Å²) in [5, 5.41) is 5.79. The van der Waals surface area contributed by atoms with Crippen LogP contribution in [-0.2, 0) is 9.53 Å². The predicted octanol–water partition coefficient (Wildman–Crippen LogP) is -0.145. The zero-order chi connectivity index (χ0) is 11.8. The van der Waals surface area contributed by atoms with Crippen molar-refractivity contribution in [1.82, 2.24) is 15.5 Å². The second kappa shape index (κ2) is 9.65. The fourth-order valence-electron chi connectivity index (χ4n) is 2.08. The van der Waals surface area contributed by atoms with E-state index in [0.717, 1.165) is 26.2 Å². The maximum absolute atomic E-state index is 11.3. The highest BCUT2D eigenvalue weighted by molar-refractivity contribution is 5.85. The number of ether oxygens (including phenoxy) is 1. The quantitative estimate of drug-likeness (QED) is 0.673. The van der Waals surface area contributed by atoms with Crippen LogP contribution >= 0.6 is 12.4 Å². The highest BCUT2D eigenvalue weighted by Crippen LogP contribution is 2.15. The lowest BCUT2D eigenvalue weighted by Crippen LogP contribution is -2.43. The number of rotatable bonds is 7. The first-order valence-electron chi connectivity index (χ1n) is 5.92. The number of hydrogen-bond donors (Lipinski definition) is 2. The van der Waals surface area contributed by atoms with Crippen LogP contribution in [-0.4, -0.2) is 63.8 Å². The molecule has 1 saturated heterocycles. The van der Waals surface area contributed by atoms with Crippen molar-refractivity contribution in [3.8, 4) is 0 Å². The Morgan fingerprint density at radius 3 is 2.94 bits per heavy atom. The molecule has 1 amide bonds. The van der Waals surface area contributed by atoms with Crippen LogP contribution < -0.4 is 10.6 Å². The van der Waals surface area contributed by atoms with Crippen LogP contribution in [0.1, 0.15) is 12.8 Å². The third-order valence-electron chi connectivity index (χ3n) is 2.95. The minimum atomic E-state index is 0. The van der Waals surface area contributed by atoms with E-state index in [1.54, 1.807) is 14.2 Å². The average molecular weight is 266 g/mol. The van der Waals surface area contributed by atoms with E-state index in [2.05, 4.69) is 15.5 Å². The monoisotopic (exact) mass is 265 g/mol. The Labute approximate surface area is 110 Å². The Morgan fingerprint density at radius 1 is 1.53 bits per heavy atom. The third kappa shape index (κ3) is 6.21. The first-order chi connectivity index (χ1) is 7.77. The maximum atomic E-state index is 11.3. The van der Waals surface area contributed by atoms with E-state index in [9.17, 15) is 4.79 Å². The molecular weight excluding hydrogens is 242 g/mol. The molecule has 1 fully saturated rings. The van der Waals surface area contributed by atoms with Gasteiger partial charge in [-0.15, -0.1) is 12.4 Å². The van der Waals surface area contributed by atoms with Crippen molar-refractivity contribution in [2.24, 2.45) is 0 Å². The maximum Gasteiger partial charge on any atom is 0.234 e. The predicted molar refractivity (Wildman–Crippen MR) is 70.7 cm³/mol. The van der Waals surface area contributed by atoms with Gasteiger partial charge in [-0.3, -0.25) is 9.69 Å². The largest absolute Gasteiger partial charge is 0.383 e. The molecule has 1 unspecified atom stereocenters. The van der Waals surface area contributed by atoms with Gasteiger partial charge in [0.05, 0.1) is 13.2 Å². The molecular formula is C11H24ClN3O2. The SMILES string of the molecule is CNCC(=O)NCC1CCCN1CCOC.Cl.